The van der Waals surface area contributed by atoms with E-state index in [2.05, 4.69) is 0 Å². The van der Waals surface area contributed by atoms with Gasteiger partial charge < -0.3 is 26.4 Å². The zero-order valence-corrected chi connectivity index (χ0v) is 12.0. The van der Waals surface area contributed by atoms with E-state index in [1.165, 1.54) is 0 Å². The monoisotopic (exact) mass is 288 g/mol. The fraction of sp³-hybridized carbons (Fsp3) is 0.846. The lowest BCUT2D eigenvalue weighted by Gasteiger charge is -2.42. The minimum atomic E-state index is -1.87. The summed E-state index contributed by atoms with van der Waals surface area (Å²) in [5.74, 6) is -3.46. The molecule has 1 fully saturated rings. The summed E-state index contributed by atoms with van der Waals surface area (Å²) < 4.78 is 5.27. The molecule has 1 rings (SSSR count). The highest BCUT2D eigenvalue weighted by Gasteiger charge is 2.56. The SMILES string of the molecule is CC(C)(CN)CC(N)C1COCCC1(C(=O)O)C(=O)O. The van der Waals surface area contributed by atoms with Gasteiger partial charge >= 0.3 is 11.9 Å². The maximum Gasteiger partial charge on any atom is 0.321 e. The summed E-state index contributed by atoms with van der Waals surface area (Å²) in [5.41, 5.74) is 9.60. The molecule has 1 heterocycles. The molecular weight excluding hydrogens is 264 g/mol. The molecule has 1 aliphatic rings. The third-order valence-electron chi connectivity index (χ3n) is 4.19. The van der Waals surface area contributed by atoms with E-state index >= 15 is 0 Å². The number of ether oxygens (including phenoxy) is 1. The highest BCUT2D eigenvalue weighted by molar-refractivity contribution is 5.98. The number of aliphatic carboxylic acids is 2. The van der Waals surface area contributed by atoms with Crippen LogP contribution in [0.1, 0.15) is 26.7 Å². The van der Waals surface area contributed by atoms with Crippen LogP contribution in [0.4, 0.5) is 0 Å². The number of hydrogen-bond donors (Lipinski definition) is 4. The maximum absolute atomic E-state index is 11.6. The molecule has 0 radical (unpaired) electrons. The van der Waals surface area contributed by atoms with Crippen LogP contribution in [0.2, 0.25) is 0 Å². The van der Waals surface area contributed by atoms with Crippen molar-refractivity contribution < 1.29 is 24.5 Å². The lowest BCUT2D eigenvalue weighted by atomic mass is 9.66. The third kappa shape index (κ3) is 3.11. The summed E-state index contributed by atoms with van der Waals surface area (Å²) >= 11 is 0. The summed E-state index contributed by atoms with van der Waals surface area (Å²) in [6.07, 6.45) is 0.374. The zero-order chi connectivity index (χ0) is 15.6. The van der Waals surface area contributed by atoms with Crippen molar-refractivity contribution in [2.24, 2.45) is 28.2 Å². The van der Waals surface area contributed by atoms with Crippen molar-refractivity contribution in [2.45, 2.75) is 32.7 Å². The van der Waals surface area contributed by atoms with Gasteiger partial charge in [-0.3, -0.25) is 9.59 Å². The van der Waals surface area contributed by atoms with Crippen molar-refractivity contribution in [1.82, 2.24) is 0 Å². The Bertz CT molecular complexity index is 369. The smallest absolute Gasteiger partial charge is 0.321 e. The molecule has 0 bridgehead atoms. The Morgan fingerprint density at radius 2 is 1.95 bits per heavy atom. The first-order chi connectivity index (χ1) is 9.17. The van der Waals surface area contributed by atoms with Gasteiger partial charge in [-0.2, -0.15) is 0 Å². The summed E-state index contributed by atoms with van der Waals surface area (Å²) in [6, 6.07) is -0.596. The predicted molar refractivity (Wildman–Crippen MR) is 72.1 cm³/mol. The third-order valence-corrected chi connectivity index (χ3v) is 4.19. The molecule has 0 aromatic carbocycles. The largest absolute Gasteiger partial charge is 0.480 e. The highest BCUT2D eigenvalue weighted by atomic mass is 16.5. The van der Waals surface area contributed by atoms with Crippen LogP contribution in [0.5, 0.6) is 0 Å². The molecule has 1 saturated heterocycles. The lowest BCUT2D eigenvalue weighted by Crippen LogP contribution is -2.57. The molecule has 1 aliphatic heterocycles. The second-order valence-electron chi connectivity index (χ2n) is 6.25. The van der Waals surface area contributed by atoms with Crippen molar-refractivity contribution in [1.29, 1.82) is 0 Å². The van der Waals surface area contributed by atoms with Gasteiger partial charge in [0.2, 0.25) is 0 Å². The molecule has 7 heteroatoms. The van der Waals surface area contributed by atoms with Crippen LogP contribution in [0.15, 0.2) is 0 Å². The van der Waals surface area contributed by atoms with Crippen LogP contribution in [0.3, 0.4) is 0 Å². The molecule has 2 unspecified atom stereocenters. The quantitative estimate of drug-likeness (QED) is 0.500. The standard InChI is InChI=1S/C13H24N2O5/c1-12(2,7-14)5-9(15)8-6-20-4-3-13(8,10(16)17)11(18)19/h8-9H,3-7,14-15H2,1-2H3,(H,16,17)(H,18,19). The number of carbonyl (C=O) groups is 2. The molecule has 116 valence electrons. The Morgan fingerprint density at radius 1 is 1.40 bits per heavy atom. The summed E-state index contributed by atoms with van der Waals surface area (Å²) in [4.78, 5) is 23.1. The molecule has 20 heavy (non-hydrogen) atoms. The van der Waals surface area contributed by atoms with Gasteiger partial charge in [-0.05, 0) is 24.8 Å². The van der Waals surface area contributed by atoms with Gasteiger partial charge in [0.05, 0.1) is 6.61 Å². The molecule has 0 amide bonds. The first-order valence-electron chi connectivity index (χ1n) is 6.67. The average Bonchev–Trinajstić information content (AvgIpc) is 2.37. The maximum atomic E-state index is 11.6. The second kappa shape index (κ2) is 6.07. The van der Waals surface area contributed by atoms with E-state index < -0.39 is 29.3 Å². The molecular formula is C13H24N2O5. The normalized spacial score (nSPS) is 24.1. The van der Waals surface area contributed by atoms with Crippen LogP contribution in [0.25, 0.3) is 0 Å². The molecule has 0 saturated carbocycles. The topological polar surface area (TPSA) is 136 Å². The van der Waals surface area contributed by atoms with Gasteiger partial charge in [0.25, 0.3) is 0 Å². The van der Waals surface area contributed by atoms with E-state index in [0.717, 1.165) is 0 Å². The Balaban J connectivity index is 3.04. The molecule has 0 aliphatic carbocycles. The Kier molecular flexibility index (Phi) is 5.12. The molecule has 7 nitrogen and oxygen atoms in total. The average molecular weight is 288 g/mol. The van der Waals surface area contributed by atoms with Gasteiger partial charge in [-0.25, -0.2) is 0 Å². The van der Waals surface area contributed by atoms with E-state index in [4.69, 9.17) is 16.2 Å². The predicted octanol–water partition coefficient (Wildman–Crippen LogP) is -0.119. The Labute approximate surface area is 118 Å². The Hall–Kier alpha value is -1.18. The number of carboxylic acid groups (broad SMARTS) is 2. The summed E-state index contributed by atoms with van der Waals surface area (Å²) in [7, 11) is 0. The fourth-order valence-corrected chi connectivity index (χ4v) is 2.75. The van der Waals surface area contributed by atoms with Gasteiger partial charge in [0.1, 0.15) is 0 Å². The van der Waals surface area contributed by atoms with Crippen molar-refractivity contribution in [3.63, 3.8) is 0 Å². The number of rotatable bonds is 6. The zero-order valence-electron chi connectivity index (χ0n) is 12.0. The van der Waals surface area contributed by atoms with Crippen LogP contribution in [-0.4, -0.2) is 48.0 Å². The summed E-state index contributed by atoms with van der Waals surface area (Å²) in [5, 5.41) is 18.8. The van der Waals surface area contributed by atoms with Gasteiger partial charge in [0, 0.05) is 18.6 Å². The van der Waals surface area contributed by atoms with Crippen molar-refractivity contribution in [3.8, 4) is 0 Å². The lowest BCUT2D eigenvalue weighted by molar-refractivity contribution is -0.180. The summed E-state index contributed by atoms with van der Waals surface area (Å²) in [6.45, 7) is 4.38. The van der Waals surface area contributed by atoms with Crippen LogP contribution in [-0.2, 0) is 14.3 Å². The minimum absolute atomic E-state index is 0.0421. The van der Waals surface area contributed by atoms with E-state index in [9.17, 15) is 19.8 Å². The first-order valence-corrected chi connectivity index (χ1v) is 6.67. The Morgan fingerprint density at radius 3 is 2.40 bits per heavy atom. The second-order valence-corrected chi connectivity index (χ2v) is 6.25. The van der Waals surface area contributed by atoms with Crippen LogP contribution < -0.4 is 11.5 Å². The van der Waals surface area contributed by atoms with Crippen LogP contribution in [0, 0.1) is 16.7 Å². The van der Waals surface area contributed by atoms with Gasteiger partial charge in [-0.1, -0.05) is 13.8 Å². The van der Waals surface area contributed by atoms with Crippen molar-refractivity contribution >= 4 is 11.9 Å². The van der Waals surface area contributed by atoms with Crippen molar-refractivity contribution in [3.05, 3.63) is 0 Å². The van der Waals surface area contributed by atoms with E-state index in [1.54, 1.807) is 0 Å². The molecule has 2 atom stereocenters. The first kappa shape index (κ1) is 16.9. The molecule has 0 aromatic rings. The van der Waals surface area contributed by atoms with Crippen molar-refractivity contribution in [2.75, 3.05) is 19.8 Å². The van der Waals surface area contributed by atoms with E-state index in [0.29, 0.717) is 13.0 Å². The minimum Gasteiger partial charge on any atom is -0.480 e. The van der Waals surface area contributed by atoms with Crippen LogP contribution >= 0.6 is 0 Å². The molecule has 6 N–H and O–H groups in total. The van der Waals surface area contributed by atoms with E-state index in [1.807, 2.05) is 13.8 Å². The van der Waals surface area contributed by atoms with E-state index in [-0.39, 0.29) is 25.0 Å². The fourth-order valence-electron chi connectivity index (χ4n) is 2.75. The number of carboxylic acids is 2. The van der Waals surface area contributed by atoms with Gasteiger partial charge in [0.15, 0.2) is 5.41 Å². The molecule has 0 spiro atoms. The highest BCUT2D eigenvalue weighted by Crippen LogP contribution is 2.40. The number of nitrogens with two attached hydrogens (primary N) is 2. The molecule has 0 aromatic heterocycles. The number of hydrogen-bond acceptors (Lipinski definition) is 5. The van der Waals surface area contributed by atoms with Gasteiger partial charge in [-0.15, -0.1) is 0 Å².